The first-order valence-electron chi connectivity index (χ1n) is 10.9. The third kappa shape index (κ3) is 4.21. The van der Waals surface area contributed by atoms with Crippen molar-refractivity contribution < 1.29 is 9.53 Å². The SMILES string of the molecule is COc1ccc2cc(/C(C)=N\NC(=O)c3cc(-c4ccccn4)nc4ccccc34)ccc2c1. The summed E-state index contributed by atoms with van der Waals surface area (Å²) in [7, 11) is 1.65. The summed E-state index contributed by atoms with van der Waals surface area (Å²) in [6.07, 6.45) is 1.71. The molecule has 34 heavy (non-hydrogen) atoms. The number of methoxy groups -OCH3 is 1. The van der Waals surface area contributed by atoms with Crippen molar-refractivity contribution in [2.45, 2.75) is 6.92 Å². The fourth-order valence-electron chi connectivity index (χ4n) is 3.84. The van der Waals surface area contributed by atoms with Crippen molar-refractivity contribution in [3.05, 3.63) is 102 Å². The molecule has 0 unspecified atom stereocenters. The number of ether oxygens (including phenoxy) is 1. The van der Waals surface area contributed by atoms with Crippen molar-refractivity contribution in [2.24, 2.45) is 5.10 Å². The zero-order valence-corrected chi connectivity index (χ0v) is 18.8. The van der Waals surface area contributed by atoms with Crippen molar-refractivity contribution in [3.8, 4) is 17.1 Å². The molecule has 2 heterocycles. The number of rotatable bonds is 5. The molecular formula is C28H22N4O2. The minimum absolute atomic E-state index is 0.305. The lowest BCUT2D eigenvalue weighted by Crippen LogP contribution is -2.20. The zero-order chi connectivity index (χ0) is 23.5. The Labute approximate surface area is 196 Å². The minimum atomic E-state index is -0.305. The fourth-order valence-corrected chi connectivity index (χ4v) is 3.84. The average Bonchev–Trinajstić information content (AvgIpc) is 2.90. The summed E-state index contributed by atoms with van der Waals surface area (Å²) in [6.45, 7) is 1.87. The third-order valence-electron chi connectivity index (χ3n) is 5.68. The molecule has 6 nitrogen and oxygen atoms in total. The lowest BCUT2D eigenvalue weighted by molar-refractivity contribution is 0.0956. The Morgan fingerprint density at radius 2 is 1.68 bits per heavy atom. The molecule has 5 aromatic rings. The van der Waals surface area contributed by atoms with Crippen molar-refractivity contribution in [2.75, 3.05) is 7.11 Å². The summed E-state index contributed by atoms with van der Waals surface area (Å²) in [5.41, 5.74) is 6.90. The van der Waals surface area contributed by atoms with Gasteiger partial charge in [-0.1, -0.05) is 42.5 Å². The van der Waals surface area contributed by atoms with E-state index in [1.54, 1.807) is 19.4 Å². The van der Waals surface area contributed by atoms with Crippen molar-refractivity contribution >= 4 is 33.3 Å². The highest BCUT2D eigenvalue weighted by molar-refractivity contribution is 6.08. The van der Waals surface area contributed by atoms with E-state index in [1.165, 1.54) is 0 Å². The number of carbonyl (C=O) groups excluding carboxylic acids is 1. The second-order valence-corrected chi connectivity index (χ2v) is 7.85. The number of hydrogen-bond acceptors (Lipinski definition) is 5. The van der Waals surface area contributed by atoms with Crippen LogP contribution in [-0.2, 0) is 0 Å². The van der Waals surface area contributed by atoms with Crippen molar-refractivity contribution in [3.63, 3.8) is 0 Å². The smallest absolute Gasteiger partial charge is 0.272 e. The second-order valence-electron chi connectivity index (χ2n) is 7.85. The number of hydrogen-bond donors (Lipinski definition) is 1. The zero-order valence-electron chi connectivity index (χ0n) is 18.8. The predicted molar refractivity (Wildman–Crippen MR) is 135 cm³/mol. The van der Waals surface area contributed by atoms with Crippen molar-refractivity contribution in [1.29, 1.82) is 0 Å². The van der Waals surface area contributed by atoms with E-state index >= 15 is 0 Å². The van der Waals surface area contributed by atoms with E-state index in [1.807, 2.05) is 85.8 Å². The highest BCUT2D eigenvalue weighted by atomic mass is 16.5. The van der Waals surface area contributed by atoms with Gasteiger partial charge in [-0.25, -0.2) is 10.4 Å². The molecule has 6 heteroatoms. The second kappa shape index (κ2) is 9.11. The van der Waals surface area contributed by atoms with Gasteiger partial charge in [0.05, 0.1) is 35.3 Å². The van der Waals surface area contributed by atoms with Gasteiger partial charge in [-0.2, -0.15) is 5.10 Å². The van der Waals surface area contributed by atoms with Gasteiger partial charge in [0.25, 0.3) is 5.91 Å². The number of fused-ring (bicyclic) bond motifs is 2. The maximum atomic E-state index is 13.2. The molecule has 0 fully saturated rings. The van der Waals surface area contributed by atoms with Crippen LogP contribution in [0.4, 0.5) is 0 Å². The molecule has 0 aliphatic heterocycles. The highest BCUT2D eigenvalue weighted by Crippen LogP contribution is 2.24. The summed E-state index contributed by atoms with van der Waals surface area (Å²) in [6, 6.07) is 26.9. The van der Waals surface area contributed by atoms with E-state index in [4.69, 9.17) is 4.74 Å². The van der Waals surface area contributed by atoms with E-state index in [9.17, 15) is 4.79 Å². The van der Waals surface area contributed by atoms with Crippen molar-refractivity contribution in [1.82, 2.24) is 15.4 Å². The Hall–Kier alpha value is -4.58. The first kappa shape index (κ1) is 21.3. The Bertz CT molecular complexity index is 1550. The summed E-state index contributed by atoms with van der Waals surface area (Å²) >= 11 is 0. The molecule has 3 aromatic carbocycles. The monoisotopic (exact) mass is 446 g/mol. The number of benzene rings is 3. The molecule has 0 bridgehead atoms. The number of aromatic nitrogens is 2. The van der Waals surface area contributed by atoms with E-state index in [0.29, 0.717) is 22.7 Å². The van der Waals surface area contributed by atoms with Crippen LogP contribution < -0.4 is 10.2 Å². The van der Waals surface area contributed by atoms with Crippen LogP contribution in [0.25, 0.3) is 33.1 Å². The summed E-state index contributed by atoms with van der Waals surface area (Å²) in [5.74, 6) is 0.508. The van der Waals surface area contributed by atoms with Crippen LogP contribution in [0.5, 0.6) is 5.75 Å². The minimum Gasteiger partial charge on any atom is -0.497 e. The summed E-state index contributed by atoms with van der Waals surface area (Å²) in [5, 5.41) is 7.28. The van der Waals surface area contributed by atoms with Crippen LogP contribution in [0.15, 0.2) is 96.2 Å². The van der Waals surface area contributed by atoms with Gasteiger partial charge in [-0.3, -0.25) is 9.78 Å². The first-order valence-corrected chi connectivity index (χ1v) is 10.9. The lowest BCUT2D eigenvalue weighted by Gasteiger charge is -2.09. The van der Waals surface area contributed by atoms with Gasteiger partial charge >= 0.3 is 0 Å². The standard InChI is InChI=1S/C28H22N4O2/c1-18(19-10-11-21-16-22(34-2)13-12-20(21)15-19)31-32-28(33)24-17-27(26-9-5-6-14-29-26)30-25-8-4-3-7-23(24)25/h3-17H,1-2H3,(H,32,33)/b31-18-. The van der Waals surface area contributed by atoms with Gasteiger partial charge in [0.2, 0.25) is 0 Å². The third-order valence-corrected chi connectivity index (χ3v) is 5.68. The molecule has 0 aliphatic rings. The number of hydrazone groups is 1. The molecule has 0 saturated carbocycles. The Morgan fingerprint density at radius 1 is 0.882 bits per heavy atom. The van der Waals surface area contributed by atoms with Crippen LogP contribution in [-0.4, -0.2) is 28.7 Å². The topological polar surface area (TPSA) is 76.5 Å². The van der Waals surface area contributed by atoms with Crippen LogP contribution in [0, 0.1) is 0 Å². The molecule has 1 amide bonds. The quantitative estimate of drug-likeness (QED) is 0.281. The molecule has 2 aromatic heterocycles. The molecule has 166 valence electrons. The predicted octanol–water partition coefficient (Wildman–Crippen LogP) is 5.61. The van der Waals surface area contributed by atoms with E-state index < -0.39 is 0 Å². The lowest BCUT2D eigenvalue weighted by atomic mass is 10.0. The number of nitrogens with one attached hydrogen (secondary N) is 1. The van der Waals surface area contributed by atoms with Crippen LogP contribution in [0.2, 0.25) is 0 Å². The van der Waals surface area contributed by atoms with Gasteiger partial charge in [0, 0.05) is 11.6 Å². The average molecular weight is 447 g/mol. The number of carbonyl (C=O) groups is 1. The molecule has 0 saturated heterocycles. The normalized spacial score (nSPS) is 11.5. The van der Waals surface area contributed by atoms with E-state index in [-0.39, 0.29) is 5.91 Å². The molecule has 0 radical (unpaired) electrons. The molecule has 5 rings (SSSR count). The van der Waals surface area contributed by atoms with Crippen LogP contribution >= 0.6 is 0 Å². The van der Waals surface area contributed by atoms with Gasteiger partial charge in [0.1, 0.15) is 5.75 Å². The molecule has 0 atom stereocenters. The molecular weight excluding hydrogens is 424 g/mol. The summed E-state index contributed by atoms with van der Waals surface area (Å²) < 4.78 is 5.29. The van der Waals surface area contributed by atoms with Gasteiger partial charge in [-0.15, -0.1) is 0 Å². The maximum Gasteiger partial charge on any atom is 0.272 e. The van der Waals surface area contributed by atoms with Gasteiger partial charge in [-0.05, 0) is 65.7 Å². The van der Waals surface area contributed by atoms with Gasteiger partial charge in [0.15, 0.2) is 0 Å². The van der Waals surface area contributed by atoms with Crippen LogP contribution in [0.1, 0.15) is 22.8 Å². The largest absolute Gasteiger partial charge is 0.497 e. The highest BCUT2D eigenvalue weighted by Gasteiger charge is 2.14. The number of nitrogens with zero attached hydrogens (tertiary/aromatic N) is 3. The van der Waals surface area contributed by atoms with Crippen LogP contribution in [0.3, 0.4) is 0 Å². The Morgan fingerprint density at radius 3 is 2.50 bits per heavy atom. The van der Waals surface area contributed by atoms with Gasteiger partial charge < -0.3 is 4.74 Å². The Balaban J connectivity index is 1.46. The Kier molecular flexibility index (Phi) is 5.70. The van der Waals surface area contributed by atoms with E-state index in [0.717, 1.165) is 33.0 Å². The fraction of sp³-hybridized carbons (Fsp3) is 0.0714. The number of para-hydroxylation sites is 1. The molecule has 0 spiro atoms. The maximum absolute atomic E-state index is 13.2. The number of pyridine rings is 2. The molecule has 1 N–H and O–H groups in total. The van der Waals surface area contributed by atoms with E-state index in [2.05, 4.69) is 20.5 Å². The number of amides is 1. The molecule has 0 aliphatic carbocycles. The first-order chi connectivity index (χ1) is 16.6. The summed E-state index contributed by atoms with van der Waals surface area (Å²) in [4.78, 5) is 22.2.